The molecule has 0 saturated heterocycles. The maximum Gasteiger partial charge on any atom is 0.264 e. The standard InChI is InChI=1S/C25H25ClN2O3S/c1-18(7-8-19-5-3-2-4-6-19)27-25(29)21-9-14-24-20(17-21)15-16-28(24)32(30,31)23-12-10-22(26)11-13-23/h2-6,9-14,17-18H,7-8,15-16H2,1H3,(H,27,29)/t18-/m0/s1. The lowest BCUT2D eigenvalue weighted by atomic mass is 10.0. The zero-order valence-corrected chi connectivity index (χ0v) is 19.4. The van der Waals surface area contributed by atoms with Gasteiger partial charge >= 0.3 is 0 Å². The molecule has 1 amide bonds. The minimum atomic E-state index is -3.68. The van der Waals surface area contributed by atoms with Gasteiger partial charge in [0.05, 0.1) is 10.6 Å². The number of hydrogen-bond acceptors (Lipinski definition) is 3. The SMILES string of the molecule is C[C@@H](CCc1ccccc1)NC(=O)c1ccc2c(c1)CCN2S(=O)(=O)c1ccc(Cl)cc1. The summed E-state index contributed by atoms with van der Waals surface area (Å²) in [6.07, 6.45) is 2.30. The van der Waals surface area contributed by atoms with E-state index in [1.54, 1.807) is 30.3 Å². The molecule has 7 heteroatoms. The van der Waals surface area contributed by atoms with Crippen LogP contribution in [0.1, 0.15) is 34.8 Å². The molecule has 0 saturated carbocycles. The summed E-state index contributed by atoms with van der Waals surface area (Å²) in [6, 6.07) is 21.6. The Bertz CT molecular complexity index is 1210. The van der Waals surface area contributed by atoms with Gasteiger partial charge in [0.1, 0.15) is 0 Å². The van der Waals surface area contributed by atoms with Crippen molar-refractivity contribution in [3.63, 3.8) is 0 Å². The number of carbonyl (C=O) groups is 1. The molecule has 1 aliphatic rings. The van der Waals surface area contributed by atoms with Gasteiger partial charge in [0.2, 0.25) is 0 Å². The fourth-order valence-electron chi connectivity index (χ4n) is 3.90. The van der Waals surface area contributed by atoms with Crippen LogP contribution in [0, 0.1) is 0 Å². The lowest BCUT2D eigenvalue weighted by molar-refractivity contribution is 0.0938. The number of nitrogens with zero attached hydrogens (tertiary/aromatic N) is 1. The summed E-state index contributed by atoms with van der Waals surface area (Å²) >= 11 is 5.89. The number of sulfonamides is 1. The molecule has 0 unspecified atom stereocenters. The Morgan fingerprint density at radius 2 is 1.78 bits per heavy atom. The van der Waals surface area contributed by atoms with Crippen molar-refractivity contribution < 1.29 is 13.2 Å². The van der Waals surface area contributed by atoms with Crippen LogP contribution in [0.4, 0.5) is 5.69 Å². The molecule has 3 aromatic carbocycles. The van der Waals surface area contributed by atoms with Crippen molar-refractivity contribution in [1.29, 1.82) is 0 Å². The predicted octanol–water partition coefficient (Wildman–Crippen LogP) is 4.84. The van der Waals surface area contributed by atoms with Crippen molar-refractivity contribution in [1.82, 2.24) is 5.32 Å². The number of anilines is 1. The van der Waals surface area contributed by atoms with E-state index >= 15 is 0 Å². The normalized spacial score (nSPS) is 14.1. The third-order valence-electron chi connectivity index (χ3n) is 5.68. The van der Waals surface area contributed by atoms with E-state index in [4.69, 9.17) is 11.6 Å². The maximum absolute atomic E-state index is 13.1. The van der Waals surface area contributed by atoms with Crippen LogP contribution in [0.2, 0.25) is 5.02 Å². The Morgan fingerprint density at radius 3 is 2.50 bits per heavy atom. The number of aryl methyl sites for hydroxylation is 1. The van der Waals surface area contributed by atoms with Gasteiger partial charge < -0.3 is 5.32 Å². The van der Waals surface area contributed by atoms with E-state index in [0.717, 1.165) is 18.4 Å². The zero-order chi connectivity index (χ0) is 22.7. The van der Waals surface area contributed by atoms with Gasteiger partial charge in [-0.2, -0.15) is 0 Å². The van der Waals surface area contributed by atoms with Crippen molar-refractivity contribution in [3.8, 4) is 0 Å². The minimum absolute atomic E-state index is 0.0257. The maximum atomic E-state index is 13.1. The van der Waals surface area contributed by atoms with E-state index in [-0.39, 0.29) is 16.8 Å². The van der Waals surface area contributed by atoms with Crippen LogP contribution >= 0.6 is 11.6 Å². The molecule has 1 heterocycles. The monoisotopic (exact) mass is 468 g/mol. The van der Waals surface area contributed by atoms with Gasteiger partial charge in [0.15, 0.2) is 0 Å². The minimum Gasteiger partial charge on any atom is -0.350 e. The second-order valence-electron chi connectivity index (χ2n) is 8.02. The highest BCUT2D eigenvalue weighted by atomic mass is 35.5. The quantitative estimate of drug-likeness (QED) is 0.539. The predicted molar refractivity (Wildman–Crippen MR) is 128 cm³/mol. The number of hydrogen-bond donors (Lipinski definition) is 1. The summed E-state index contributed by atoms with van der Waals surface area (Å²) < 4.78 is 27.5. The second-order valence-corrected chi connectivity index (χ2v) is 10.3. The van der Waals surface area contributed by atoms with Crippen LogP contribution in [-0.2, 0) is 22.9 Å². The molecule has 5 nitrogen and oxygen atoms in total. The molecule has 0 aliphatic carbocycles. The number of benzene rings is 3. The third-order valence-corrected chi connectivity index (χ3v) is 7.76. The molecule has 32 heavy (non-hydrogen) atoms. The van der Waals surface area contributed by atoms with E-state index in [1.807, 2.05) is 25.1 Å². The van der Waals surface area contributed by atoms with Gasteiger partial charge in [-0.05, 0) is 79.8 Å². The largest absolute Gasteiger partial charge is 0.350 e. The van der Waals surface area contributed by atoms with Crippen LogP contribution in [0.15, 0.2) is 77.7 Å². The molecule has 0 spiro atoms. The lowest BCUT2D eigenvalue weighted by Gasteiger charge is -2.20. The Morgan fingerprint density at radius 1 is 1.06 bits per heavy atom. The van der Waals surface area contributed by atoms with Crippen molar-refractivity contribution in [2.24, 2.45) is 0 Å². The van der Waals surface area contributed by atoms with E-state index in [0.29, 0.717) is 29.2 Å². The van der Waals surface area contributed by atoms with Gasteiger partial charge in [-0.1, -0.05) is 41.9 Å². The second kappa shape index (κ2) is 9.35. The highest BCUT2D eigenvalue weighted by Crippen LogP contribution is 2.34. The number of amides is 1. The summed E-state index contributed by atoms with van der Waals surface area (Å²) in [5.74, 6) is -0.146. The lowest BCUT2D eigenvalue weighted by Crippen LogP contribution is -2.33. The average molecular weight is 469 g/mol. The topological polar surface area (TPSA) is 66.5 Å². The van der Waals surface area contributed by atoms with E-state index < -0.39 is 10.0 Å². The molecule has 1 N–H and O–H groups in total. The average Bonchev–Trinajstić information content (AvgIpc) is 3.23. The zero-order valence-electron chi connectivity index (χ0n) is 17.8. The van der Waals surface area contributed by atoms with Gasteiger partial charge in [-0.3, -0.25) is 9.10 Å². The van der Waals surface area contributed by atoms with Crippen LogP contribution in [0.5, 0.6) is 0 Å². The van der Waals surface area contributed by atoms with Crippen molar-refractivity contribution in [3.05, 3.63) is 94.5 Å². The number of nitrogens with one attached hydrogen (secondary N) is 1. The highest BCUT2D eigenvalue weighted by Gasteiger charge is 2.31. The molecule has 0 bridgehead atoms. The van der Waals surface area contributed by atoms with Crippen LogP contribution < -0.4 is 9.62 Å². The van der Waals surface area contributed by atoms with Crippen LogP contribution in [0.25, 0.3) is 0 Å². The Balaban J connectivity index is 1.44. The number of rotatable bonds is 7. The summed E-state index contributed by atoms with van der Waals surface area (Å²) in [5.41, 5.74) is 3.26. The van der Waals surface area contributed by atoms with Crippen molar-refractivity contribution in [2.45, 2.75) is 37.1 Å². The summed E-state index contributed by atoms with van der Waals surface area (Å²) in [4.78, 5) is 12.9. The van der Waals surface area contributed by atoms with Gasteiger partial charge in [-0.15, -0.1) is 0 Å². The van der Waals surface area contributed by atoms with E-state index in [9.17, 15) is 13.2 Å². The first-order chi connectivity index (χ1) is 15.3. The summed E-state index contributed by atoms with van der Waals surface area (Å²) in [5, 5.41) is 3.53. The first kappa shape index (κ1) is 22.4. The molecule has 1 atom stereocenters. The molecule has 0 radical (unpaired) electrons. The molecule has 0 aromatic heterocycles. The van der Waals surface area contributed by atoms with Gasteiger partial charge in [0.25, 0.3) is 15.9 Å². The summed E-state index contributed by atoms with van der Waals surface area (Å²) in [6.45, 7) is 2.34. The van der Waals surface area contributed by atoms with Gasteiger partial charge in [0, 0.05) is 23.2 Å². The molecular weight excluding hydrogens is 444 g/mol. The Hall–Kier alpha value is -2.83. The molecule has 1 aliphatic heterocycles. The fraction of sp³-hybridized carbons (Fsp3) is 0.240. The van der Waals surface area contributed by atoms with Crippen LogP contribution in [0.3, 0.4) is 0 Å². The number of fused-ring (bicyclic) bond motifs is 1. The Labute approximate surface area is 194 Å². The molecule has 3 aromatic rings. The van der Waals surface area contributed by atoms with Crippen molar-refractivity contribution >= 4 is 33.2 Å². The third kappa shape index (κ3) is 4.81. The van der Waals surface area contributed by atoms with Crippen LogP contribution in [-0.4, -0.2) is 26.9 Å². The number of halogens is 1. The van der Waals surface area contributed by atoms with Gasteiger partial charge in [-0.25, -0.2) is 8.42 Å². The molecule has 4 rings (SSSR count). The van der Waals surface area contributed by atoms with E-state index in [2.05, 4.69) is 17.4 Å². The molecule has 166 valence electrons. The van der Waals surface area contributed by atoms with E-state index in [1.165, 1.54) is 22.0 Å². The molecule has 0 fully saturated rings. The fourth-order valence-corrected chi connectivity index (χ4v) is 5.53. The highest BCUT2D eigenvalue weighted by molar-refractivity contribution is 7.92. The first-order valence-corrected chi connectivity index (χ1v) is 12.4. The first-order valence-electron chi connectivity index (χ1n) is 10.6. The molecular formula is C25H25ClN2O3S. The summed E-state index contributed by atoms with van der Waals surface area (Å²) in [7, 11) is -3.68. The number of carbonyl (C=O) groups excluding carboxylic acids is 1. The van der Waals surface area contributed by atoms with Crippen molar-refractivity contribution in [2.75, 3.05) is 10.8 Å². The Kier molecular flexibility index (Phi) is 6.53. The smallest absolute Gasteiger partial charge is 0.264 e.